The Balaban J connectivity index is 3.14. The molecule has 1 saturated heterocycles. The summed E-state index contributed by atoms with van der Waals surface area (Å²) in [5, 5.41) is 12.2. The lowest BCUT2D eigenvalue weighted by atomic mass is 9.87. The third kappa shape index (κ3) is 1.95. The second-order valence-corrected chi connectivity index (χ2v) is 4.15. The maximum Gasteiger partial charge on any atom is 0.256 e. The fourth-order valence-corrected chi connectivity index (χ4v) is 1.62. The molecule has 14 heavy (non-hydrogen) atoms. The molecular weight excluding hydrogens is 180 g/mol. The first-order valence-electron chi connectivity index (χ1n) is 4.56. The first-order valence-corrected chi connectivity index (χ1v) is 4.56. The topological polar surface area (TPSA) is 61.7 Å². The first-order chi connectivity index (χ1) is 6.37. The highest BCUT2D eigenvalue weighted by molar-refractivity contribution is 6.24. The predicted molar refractivity (Wildman–Crippen MR) is 55.5 cm³/mol. The smallest absolute Gasteiger partial charge is 0.256 e. The van der Waals surface area contributed by atoms with Crippen molar-refractivity contribution in [2.24, 2.45) is 4.99 Å². The molecule has 0 radical (unpaired) electrons. The highest BCUT2D eigenvalue weighted by atomic mass is 16.3. The number of nitrogens with zero attached hydrogens (tertiary/aromatic N) is 1. The van der Waals surface area contributed by atoms with Gasteiger partial charge in [0.25, 0.3) is 5.91 Å². The minimum atomic E-state index is -0.287. The molecule has 0 aromatic heterocycles. The highest BCUT2D eigenvalue weighted by Crippen LogP contribution is 2.22. The molecule has 4 heteroatoms. The molecule has 0 saturated carbocycles. The number of hydrogen-bond donors (Lipinski definition) is 2. The minimum absolute atomic E-state index is 0.0265. The number of aliphatic hydroxyl groups is 1. The van der Waals surface area contributed by atoms with Gasteiger partial charge in [0.1, 0.15) is 5.76 Å². The standard InChI is InChI=1S/C10H16N2O2/c1-6(13)8-7(11-4)5-10(2,3)12-9(8)14/h13H,5H2,1-4H3,(H,12,14)/b8-6+,11-7?. The summed E-state index contributed by atoms with van der Waals surface area (Å²) in [7, 11) is 1.63. The van der Waals surface area contributed by atoms with Crippen LogP contribution in [-0.4, -0.2) is 29.3 Å². The van der Waals surface area contributed by atoms with Crippen LogP contribution in [0.4, 0.5) is 0 Å². The largest absolute Gasteiger partial charge is 0.512 e. The Morgan fingerprint density at radius 3 is 2.57 bits per heavy atom. The Hall–Kier alpha value is -1.32. The zero-order valence-corrected chi connectivity index (χ0v) is 9.01. The SMILES string of the molecule is CN=C1CC(C)(C)NC(=O)/C1=C(\C)O. The second kappa shape index (κ2) is 3.44. The first kappa shape index (κ1) is 10.8. The number of hydrogen-bond acceptors (Lipinski definition) is 3. The molecule has 2 N–H and O–H groups in total. The van der Waals surface area contributed by atoms with Crippen molar-refractivity contribution in [2.45, 2.75) is 32.7 Å². The van der Waals surface area contributed by atoms with Gasteiger partial charge in [0.2, 0.25) is 0 Å². The number of amides is 1. The van der Waals surface area contributed by atoms with Crippen molar-refractivity contribution in [3.05, 3.63) is 11.3 Å². The number of nitrogens with one attached hydrogen (secondary N) is 1. The van der Waals surface area contributed by atoms with E-state index in [4.69, 9.17) is 0 Å². The summed E-state index contributed by atoms with van der Waals surface area (Å²) in [5.74, 6) is -0.222. The van der Waals surface area contributed by atoms with Crippen LogP contribution in [0.3, 0.4) is 0 Å². The van der Waals surface area contributed by atoms with Crippen LogP contribution in [-0.2, 0) is 4.79 Å². The van der Waals surface area contributed by atoms with E-state index in [9.17, 15) is 9.90 Å². The summed E-state index contributed by atoms with van der Waals surface area (Å²) in [6.45, 7) is 5.36. The molecule has 0 spiro atoms. The zero-order chi connectivity index (χ0) is 10.9. The Labute approximate surface area is 83.7 Å². The van der Waals surface area contributed by atoms with Crippen molar-refractivity contribution in [3.63, 3.8) is 0 Å². The quantitative estimate of drug-likeness (QED) is 0.451. The second-order valence-electron chi connectivity index (χ2n) is 4.15. The predicted octanol–water partition coefficient (Wildman–Crippen LogP) is 1.19. The van der Waals surface area contributed by atoms with Gasteiger partial charge in [0.15, 0.2) is 0 Å². The van der Waals surface area contributed by atoms with Crippen LogP contribution >= 0.6 is 0 Å². The van der Waals surface area contributed by atoms with Gasteiger partial charge in [-0.2, -0.15) is 0 Å². The lowest BCUT2D eigenvalue weighted by Gasteiger charge is -2.33. The zero-order valence-electron chi connectivity index (χ0n) is 9.01. The molecule has 1 rings (SSSR count). The third-order valence-corrected chi connectivity index (χ3v) is 2.21. The average molecular weight is 196 g/mol. The van der Waals surface area contributed by atoms with Crippen molar-refractivity contribution in [2.75, 3.05) is 7.05 Å². The van der Waals surface area contributed by atoms with Crippen molar-refractivity contribution in [1.29, 1.82) is 0 Å². The molecule has 0 aromatic carbocycles. The molecule has 1 aliphatic heterocycles. The van der Waals surface area contributed by atoms with E-state index in [1.807, 2.05) is 13.8 Å². The number of allylic oxidation sites excluding steroid dienone is 1. The lowest BCUT2D eigenvalue weighted by molar-refractivity contribution is -0.119. The van der Waals surface area contributed by atoms with Gasteiger partial charge in [-0.05, 0) is 20.8 Å². The average Bonchev–Trinajstić information content (AvgIpc) is 1.99. The Bertz CT molecular complexity index is 323. The number of piperidine rings is 1. The summed E-state index contributed by atoms with van der Waals surface area (Å²) >= 11 is 0. The Morgan fingerprint density at radius 1 is 1.57 bits per heavy atom. The number of aliphatic imine (C=N–C) groups is 1. The maximum atomic E-state index is 11.6. The molecule has 0 unspecified atom stereocenters. The summed E-state index contributed by atoms with van der Waals surface area (Å²) < 4.78 is 0. The van der Waals surface area contributed by atoms with Crippen LogP contribution in [0.1, 0.15) is 27.2 Å². The van der Waals surface area contributed by atoms with E-state index >= 15 is 0 Å². The fraction of sp³-hybridized carbons (Fsp3) is 0.600. The van der Waals surface area contributed by atoms with Gasteiger partial charge >= 0.3 is 0 Å². The lowest BCUT2D eigenvalue weighted by Crippen LogP contribution is -2.51. The van der Waals surface area contributed by atoms with Crippen LogP contribution in [0.25, 0.3) is 0 Å². The van der Waals surface area contributed by atoms with Crippen LogP contribution in [0.15, 0.2) is 16.3 Å². The molecule has 0 aromatic rings. The molecule has 1 amide bonds. The van der Waals surface area contributed by atoms with E-state index in [0.29, 0.717) is 17.7 Å². The van der Waals surface area contributed by atoms with Crippen LogP contribution in [0.2, 0.25) is 0 Å². The van der Waals surface area contributed by atoms with E-state index < -0.39 is 0 Å². The Morgan fingerprint density at radius 2 is 2.14 bits per heavy atom. The van der Waals surface area contributed by atoms with E-state index in [0.717, 1.165) is 0 Å². The number of carbonyl (C=O) groups is 1. The van der Waals surface area contributed by atoms with Crippen molar-refractivity contribution in [1.82, 2.24) is 5.32 Å². The number of aliphatic hydroxyl groups excluding tert-OH is 1. The van der Waals surface area contributed by atoms with E-state index in [1.54, 1.807) is 7.05 Å². The van der Waals surface area contributed by atoms with Crippen LogP contribution in [0.5, 0.6) is 0 Å². The molecule has 0 bridgehead atoms. The van der Waals surface area contributed by atoms with E-state index in [1.165, 1.54) is 6.92 Å². The summed E-state index contributed by atoms with van der Waals surface area (Å²) in [5.41, 5.74) is 0.691. The van der Waals surface area contributed by atoms with Crippen molar-refractivity contribution >= 4 is 11.6 Å². The van der Waals surface area contributed by atoms with Gasteiger partial charge in [-0.3, -0.25) is 9.79 Å². The van der Waals surface area contributed by atoms with Crippen LogP contribution in [0, 0.1) is 0 Å². The van der Waals surface area contributed by atoms with Gasteiger partial charge in [-0.15, -0.1) is 0 Å². The van der Waals surface area contributed by atoms with Gasteiger partial charge in [-0.25, -0.2) is 0 Å². The molecule has 1 heterocycles. The molecule has 78 valence electrons. The molecule has 0 aliphatic carbocycles. The minimum Gasteiger partial charge on any atom is -0.512 e. The summed E-state index contributed by atoms with van der Waals surface area (Å²) in [6, 6.07) is 0. The third-order valence-electron chi connectivity index (χ3n) is 2.21. The van der Waals surface area contributed by atoms with Crippen LogP contribution < -0.4 is 5.32 Å². The van der Waals surface area contributed by atoms with Gasteiger partial charge in [-0.1, -0.05) is 0 Å². The van der Waals surface area contributed by atoms with Crippen molar-refractivity contribution < 1.29 is 9.90 Å². The normalized spacial score (nSPS) is 27.4. The summed E-state index contributed by atoms with van der Waals surface area (Å²) in [6.07, 6.45) is 0.641. The number of rotatable bonds is 0. The Kier molecular flexibility index (Phi) is 2.64. The summed E-state index contributed by atoms with van der Waals surface area (Å²) in [4.78, 5) is 15.6. The fourth-order valence-electron chi connectivity index (χ4n) is 1.62. The molecule has 1 aliphatic rings. The maximum absolute atomic E-state index is 11.6. The van der Waals surface area contributed by atoms with E-state index in [-0.39, 0.29) is 17.2 Å². The molecule has 0 atom stereocenters. The monoisotopic (exact) mass is 196 g/mol. The van der Waals surface area contributed by atoms with Crippen molar-refractivity contribution in [3.8, 4) is 0 Å². The molecule has 4 nitrogen and oxygen atoms in total. The van der Waals surface area contributed by atoms with E-state index in [2.05, 4.69) is 10.3 Å². The highest BCUT2D eigenvalue weighted by Gasteiger charge is 2.34. The van der Waals surface area contributed by atoms with Gasteiger partial charge < -0.3 is 10.4 Å². The molecule has 1 fully saturated rings. The number of carbonyl (C=O) groups excluding carboxylic acids is 1. The van der Waals surface area contributed by atoms with Gasteiger partial charge in [0, 0.05) is 19.0 Å². The van der Waals surface area contributed by atoms with Gasteiger partial charge in [0.05, 0.1) is 11.3 Å². The molecular formula is C10H16N2O2.